The van der Waals surface area contributed by atoms with Crippen molar-refractivity contribution in [1.82, 2.24) is 0 Å². The van der Waals surface area contributed by atoms with E-state index in [1.54, 1.807) is 0 Å². The molecule has 1 fully saturated rings. The third-order valence-electron chi connectivity index (χ3n) is 3.09. The molecule has 1 aromatic carbocycles. The average Bonchev–Trinajstić information content (AvgIpc) is 2.80. The summed E-state index contributed by atoms with van der Waals surface area (Å²) in [6.07, 6.45) is -0.206. The Balaban J connectivity index is 2.09. The van der Waals surface area contributed by atoms with Gasteiger partial charge in [-0.15, -0.1) is 0 Å². The van der Waals surface area contributed by atoms with Crippen LogP contribution in [-0.2, 0) is 14.3 Å². The van der Waals surface area contributed by atoms with Gasteiger partial charge in [-0.3, -0.25) is 0 Å². The zero-order chi connectivity index (χ0) is 11.1. The van der Waals surface area contributed by atoms with Crippen molar-refractivity contribution in [3.8, 4) is 0 Å². The zero-order valence-corrected chi connectivity index (χ0v) is 8.97. The van der Waals surface area contributed by atoms with Gasteiger partial charge >= 0.3 is 5.97 Å². The molecule has 0 saturated carbocycles. The van der Waals surface area contributed by atoms with E-state index in [0.29, 0.717) is 12.2 Å². The second kappa shape index (κ2) is 3.46. The van der Waals surface area contributed by atoms with Crippen LogP contribution in [0.5, 0.6) is 0 Å². The van der Waals surface area contributed by atoms with Gasteiger partial charge < -0.3 is 9.47 Å². The normalized spacial score (nSPS) is 28.2. The highest BCUT2D eigenvalue weighted by Gasteiger charge is 2.42. The van der Waals surface area contributed by atoms with Crippen molar-refractivity contribution < 1.29 is 14.3 Å². The fourth-order valence-corrected chi connectivity index (χ4v) is 2.27. The Morgan fingerprint density at radius 2 is 2.00 bits per heavy atom. The first-order chi connectivity index (χ1) is 7.77. The molecule has 3 rings (SSSR count). The minimum atomic E-state index is -0.221. The third kappa shape index (κ3) is 1.28. The molecule has 0 radical (unpaired) electrons. The van der Waals surface area contributed by atoms with E-state index in [1.165, 1.54) is 0 Å². The maximum atomic E-state index is 11.8. The van der Waals surface area contributed by atoms with Gasteiger partial charge in [-0.1, -0.05) is 30.3 Å². The van der Waals surface area contributed by atoms with E-state index in [-0.39, 0.29) is 18.2 Å². The van der Waals surface area contributed by atoms with Crippen LogP contribution in [0.4, 0.5) is 0 Å². The van der Waals surface area contributed by atoms with Gasteiger partial charge in [0.2, 0.25) is 0 Å². The number of carbonyl (C=O) groups is 1. The largest absolute Gasteiger partial charge is 0.451 e. The van der Waals surface area contributed by atoms with Gasteiger partial charge in [0.05, 0.1) is 18.3 Å². The fourth-order valence-electron chi connectivity index (χ4n) is 2.27. The Bertz CT molecular complexity index is 461. The lowest BCUT2D eigenvalue weighted by Gasteiger charge is -2.09. The molecule has 0 bridgehead atoms. The summed E-state index contributed by atoms with van der Waals surface area (Å²) >= 11 is 0. The van der Waals surface area contributed by atoms with Crippen molar-refractivity contribution in [2.75, 3.05) is 6.61 Å². The Hall–Kier alpha value is -1.61. The molecule has 1 saturated heterocycles. The molecular formula is C13H12O3. The van der Waals surface area contributed by atoms with Crippen molar-refractivity contribution in [2.24, 2.45) is 0 Å². The van der Waals surface area contributed by atoms with Crippen LogP contribution < -0.4 is 0 Å². The first-order valence-electron chi connectivity index (χ1n) is 5.38. The molecule has 82 valence electrons. The second-order valence-electron chi connectivity index (χ2n) is 4.11. The minimum absolute atomic E-state index is 0.0276. The molecule has 2 heterocycles. The molecule has 0 unspecified atom stereocenters. The number of hydrogen-bond donors (Lipinski definition) is 0. The van der Waals surface area contributed by atoms with Crippen LogP contribution in [0.25, 0.3) is 5.57 Å². The quantitative estimate of drug-likeness (QED) is 0.671. The molecule has 2 atom stereocenters. The van der Waals surface area contributed by atoms with Gasteiger partial charge in [-0.05, 0) is 12.5 Å². The van der Waals surface area contributed by atoms with Crippen molar-refractivity contribution in [1.29, 1.82) is 0 Å². The highest BCUT2D eigenvalue weighted by Crippen LogP contribution is 2.36. The third-order valence-corrected chi connectivity index (χ3v) is 3.09. The number of fused-ring (bicyclic) bond motifs is 1. The number of rotatable bonds is 1. The van der Waals surface area contributed by atoms with Crippen LogP contribution in [-0.4, -0.2) is 24.8 Å². The summed E-state index contributed by atoms with van der Waals surface area (Å²) in [5.41, 5.74) is 2.60. The lowest BCUT2D eigenvalue weighted by Crippen LogP contribution is -2.20. The van der Waals surface area contributed by atoms with Gasteiger partial charge in [-0.2, -0.15) is 0 Å². The molecule has 0 aromatic heterocycles. The SMILES string of the molecule is C[C@@H]1OCC2=C(c3ccccc3)C(=O)O[C@H]21. The number of esters is 1. The summed E-state index contributed by atoms with van der Waals surface area (Å²) in [5, 5.41) is 0. The standard InChI is InChI=1S/C13H12O3/c1-8-12-10(7-15-8)11(13(14)16-12)9-5-3-2-4-6-9/h2-6,8,12H,7H2,1H3/t8-,12-/m0/s1. The van der Waals surface area contributed by atoms with Crippen LogP contribution in [0.1, 0.15) is 12.5 Å². The molecule has 3 heteroatoms. The molecule has 0 spiro atoms. The van der Waals surface area contributed by atoms with Crippen molar-refractivity contribution in [3.05, 3.63) is 41.5 Å². The Morgan fingerprint density at radius 1 is 1.25 bits per heavy atom. The van der Waals surface area contributed by atoms with E-state index < -0.39 is 0 Å². The van der Waals surface area contributed by atoms with E-state index >= 15 is 0 Å². The van der Waals surface area contributed by atoms with Gasteiger partial charge in [-0.25, -0.2) is 4.79 Å². The molecule has 2 aliphatic heterocycles. The molecule has 16 heavy (non-hydrogen) atoms. The Labute approximate surface area is 93.7 Å². The van der Waals surface area contributed by atoms with Gasteiger partial charge in [0, 0.05) is 5.57 Å². The van der Waals surface area contributed by atoms with E-state index in [9.17, 15) is 4.79 Å². The van der Waals surface area contributed by atoms with E-state index in [2.05, 4.69) is 0 Å². The highest BCUT2D eigenvalue weighted by molar-refractivity contribution is 6.19. The molecule has 0 N–H and O–H groups in total. The number of carbonyl (C=O) groups excluding carboxylic acids is 1. The van der Waals surface area contributed by atoms with Crippen LogP contribution >= 0.6 is 0 Å². The van der Waals surface area contributed by atoms with E-state index in [4.69, 9.17) is 9.47 Å². The minimum Gasteiger partial charge on any atom is -0.451 e. The van der Waals surface area contributed by atoms with Gasteiger partial charge in [0.15, 0.2) is 6.10 Å². The maximum Gasteiger partial charge on any atom is 0.339 e. The molecule has 0 aliphatic carbocycles. The summed E-state index contributed by atoms with van der Waals surface area (Å²) in [6.45, 7) is 2.43. The van der Waals surface area contributed by atoms with Crippen LogP contribution in [0.2, 0.25) is 0 Å². The molecule has 0 amide bonds. The summed E-state index contributed by atoms with van der Waals surface area (Å²) in [4.78, 5) is 11.8. The number of ether oxygens (including phenoxy) is 2. The van der Waals surface area contributed by atoms with E-state index in [1.807, 2.05) is 37.3 Å². The predicted octanol–water partition coefficient (Wildman–Crippen LogP) is 1.78. The zero-order valence-electron chi connectivity index (χ0n) is 8.97. The molecular weight excluding hydrogens is 204 g/mol. The van der Waals surface area contributed by atoms with Crippen LogP contribution in [0, 0.1) is 0 Å². The van der Waals surface area contributed by atoms with Crippen molar-refractivity contribution in [3.63, 3.8) is 0 Å². The molecule has 3 nitrogen and oxygen atoms in total. The maximum absolute atomic E-state index is 11.8. The van der Waals surface area contributed by atoms with Crippen molar-refractivity contribution >= 4 is 11.5 Å². The summed E-state index contributed by atoms with van der Waals surface area (Å²) in [6, 6.07) is 9.62. The fraction of sp³-hybridized carbons (Fsp3) is 0.308. The first-order valence-corrected chi connectivity index (χ1v) is 5.38. The molecule has 1 aromatic rings. The highest BCUT2D eigenvalue weighted by atomic mass is 16.6. The van der Waals surface area contributed by atoms with Gasteiger partial charge in [0.25, 0.3) is 0 Å². The Morgan fingerprint density at radius 3 is 2.75 bits per heavy atom. The topological polar surface area (TPSA) is 35.5 Å². The summed E-state index contributed by atoms with van der Waals surface area (Å²) < 4.78 is 10.8. The first kappa shape index (κ1) is 9.60. The smallest absolute Gasteiger partial charge is 0.339 e. The summed E-state index contributed by atoms with van der Waals surface area (Å²) in [5.74, 6) is -0.221. The lowest BCUT2D eigenvalue weighted by molar-refractivity contribution is -0.140. The second-order valence-corrected chi connectivity index (χ2v) is 4.11. The van der Waals surface area contributed by atoms with Crippen LogP contribution in [0.15, 0.2) is 35.9 Å². The van der Waals surface area contributed by atoms with Gasteiger partial charge in [0.1, 0.15) is 0 Å². The lowest BCUT2D eigenvalue weighted by atomic mass is 9.99. The summed E-state index contributed by atoms with van der Waals surface area (Å²) in [7, 11) is 0. The number of benzene rings is 1. The predicted molar refractivity (Wildman–Crippen MR) is 58.7 cm³/mol. The number of hydrogen-bond acceptors (Lipinski definition) is 3. The molecule has 2 aliphatic rings. The van der Waals surface area contributed by atoms with Crippen molar-refractivity contribution in [2.45, 2.75) is 19.1 Å². The Kier molecular flexibility index (Phi) is 2.07. The monoisotopic (exact) mass is 216 g/mol. The van der Waals surface area contributed by atoms with E-state index in [0.717, 1.165) is 11.1 Å². The van der Waals surface area contributed by atoms with Crippen LogP contribution in [0.3, 0.4) is 0 Å². The average molecular weight is 216 g/mol.